The van der Waals surface area contributed by atoms with E-state index in [9.17, 15) is 19.5 Å². The number of hydrogen-bond donors (Lipinski definition) is 5. The maximum atomic E-state index is 13.4. The van der Waals surface area contributed by atoms with Gasteiger partial charge in [0, 0.05) is 28.9 Å². The molecule has 0 bridgehead atoms. The molecule has 42 heavy (non-hydrogen) atoms. The summed E-state index contributed by atoms with van der Waals surface area (Å²) in [6, 6.07) is 25.9. The number of hydrogen-bond acceptors (Lipinski definition) is 4. The molecule has 0 aliphatic heterocycles. The van der Waals surface area contributed by atoms with Gasteiger partial charge in [-0.05, 0) is 70.5 Å². The van der Waals surface area contributed by atoms with Crippen LogP contribution in [0.5, 0.6) is 0 Å². The zero-order valence-electron chi connectivity index (χ0n) is 23.8. The van der Waals surface area contributed by atoms with Gasteiger partial charge >= 0.3 is 5.97 Å². The average molecular weight is 563 g/mol. The van der Waals surface area contributed by atoms with Gasteiger partial charge in [0.2, 0.25) is 0 Å². The molecule has 2 amide bonds. The highest BCUT2D eigenvalue weighted by atomic mass is 16.4. The molecule has 4 rings (SSSR count). The van der Waals surface area contributed by atoms with Crippen LogP contribution in [0.1, 0.15) is 68.5 Å². The van der Waals surface area contributed by atoms with Crippen molar-refractivity contribution in [3.8, 4) is 11.1 Å². The van der Waals surface area contributed by atoms with Gasteiger partial charge in [-0.1, -0.05) is 75.4 Å². The van der Waals surface area contributed by atoms with E-state index < -0.39 is 11.9 Å². The molecule has 0 atom stereocenters. The molecular formula is C34H34N4O4. The third-order valence-electron chi connectivity index (χ3n) is 6.69. The lowest BCUT2D eigenvalue weighted by Gasteiger charge is -2.21. The molecule has 0 saturated carbocycles. The third kappa shape index (κ3) is 7.09. The first-order valence-electron chi connectivity index (χ1n) is 13.5. The maximum Gasteiger partial charge on any atom is 0.336 e. The first-order valence-corrected chi connectivity index (χ1v) is 13.5. The lowest BCUT2D eigenvalue weighted by Crippen LogP contribution is -2.33. The Morgan fingerprint density at radius 2 is 1.43 bits per heavy atom. The monoisotopic (exact) mass is 562 g/mol. The lowest BCUT2D eigenvalue weighted by atomic mass is 9.86. The summed E-state index contributed by atoms with van der Waals surface area (Å²) in [6.45, 7) is 6.42. The van der Waals surface area contributed by atoms with Crippen LogP contribution in [0.3, 0.4) is 0 Å². The fourth-order valence-corrected chi connectivity index (χ4v) is 4.60. The number of carbonyl (C=O) groups is 3. The summed E-state index contributed by atoms with van der Waals surface area (Å²) in [6.07, 6.45) is 0.214. The number of nitrogens with two attached hydrogens (primary N) is 1. The smallest absolute Gasteiger partial charge is 0.336 e. The van der Waals surface area contributed by atoms with Crippen LogP contribution in [0.25, 0.3) is 11.1 Å². The van der Waals surface area contributed by atoms with E-state index >= 15 is 0 Å². The molecule has 8 heteroatoms. The van der Waals surface area contributed by atoms with E-state index in [2.05, 4.69) is 10.6 Å². The van der Waals surface area contributed by atoms with Gasteiger partial charge in [0.15, 0.2) is 0 Å². The van der Waals surface area contributed by atoms with Crippen molar-refractivity contribution < 1.29 is 19.5 Å². The second kappa shape index (κ2) is 12.5. The quantitative estimate of drug-likeness (QED) is 0.126. The predicted octanol–water partition coefficient (Wildman–Crippen LogP) is 5.95. The molecule has 4 aromatic rings. The van der Waals surface area contributed by atoms with Crippen LogP contribution in [0.2, 0.25) is 0 Å². The lowest BCUT2D eigenvalue weighted by molar-refractivity contribution is 0.0696. The van der Waals surface area contributed by atoms with Crippen LogP contribution in [0, 0.1) is 10.8 Å². The molecule has 8 nitrogen and oxygen atoms in total. The van der Waals surface area contributed by atoms with Gasteiger partial charge in [0.1, 0.15) is 5.84 Å². The van der Waals surface area contributed by atoms with Gasteiger partial charge in [-0.15, -0.1) is 0 Å². The molecule has 0 fully saturated rings. The first-order chi connectivity index (χ1) is 19.9. The number of amides is 2. The second-order valence-electron chi connectivity index (χ2n) is 11.2. The van der Waals surface area contributed by atoms with Gasteiger partial charge < -0.3 is 21.5 Å². The van der Waals surface area contributed by atoms with Crippen molar-refractivity contribution in [2.45, 2.75) is 27.2 Å². The van der Waals surface area contributed by atoms with Crippen LogP contribution in [-0.2, 0) is 6.42 Å². The summed E-state index contributed by atoms with van der Waals surface area (Å²) in [5.74, 6) is -2.07. The largest absolute Gasteiger partial charge is 0.478 e. The topological polar surface area (TPSA) is 145 Å². The molecule has 0 spiro atoms. The van der Waals surface area contributed by atoms with Gasteiger partial charge in [0.05, 0.1) is 5.56 Å². The molecule has 0 unspecified atom stereocenters. The van der Waals surface area contributed by atoms with Crippen molar-refractivity contribution in [3.63, 3.8) is 0 Å². The summed E-state index contributed by atoms with van der Waals surface area (Å²) < 4.78 is 0. The number of amidine groups is 1. The molecule has 0 aromatic heterocycles. The maximum absolute atomic E-state index is 13.4. The number of nitrogen functional groups attached to an aromatic ring is 1. The fraction of sp³-hybridized carbons (Fsp3) is 0.176. The zero-order chi connectivity index (χ0) is 30.4. The molecule has 214 valence electrons. The number of anilines is 1. The van der Waals surface area contributed by atoms with Crippen molar-refractivity contribution in [2.75, 3.05) is 11.9 Å². The predicted molar refractivity (Wildman–Crippen MR) is 165 cm³/mol. The van der Waals surface area contributed by atoms with Gasteiger partial charge in [-0.3, -0.25) is 15.0 Å². The van der Waals surface area contributed by atoms with Crippen LogP contribution >= 0.6 is 0 Å². The van der Waals surface area contributed by atoms with Gasteiger partial charge in [-0.25, -0.2) is 4.79 Å². The second-order valence-corrected chi connectivity index (χ2v) is 11.2. The van der Waals surface area contributed by atoms with Crippen molar-refractivity contribution in [2.24, 2.45) is 11.1 Å². The van der Waals surface area contributed by atoms with E-state index in [1.54, 1.807) is 60.7 Å². The normalized spacial score (nSPS) is 11.0. The van der Waals surface area contributed by atoms with E-state index in [4.69, 9.17) is 11.1 Å². The Morgan fingerprint density at radius 3 is 2.05 bits per heavy atom. The Hall–Kier alpha value is -5.24. The summed E-state index contributed by atoms with van der Waals surface area (Å²) in [5.41, 5.74) is 8.86. The molecule has 0 radical (unpaired) electrons. The number of aromatic carboxylic acids is 1. The minimum absolute atomic E-state index is 0.0340. The van der Waals surface area contributed by atoms with E-state index in [1.807, 2.05) is 51.1 Å². The summed E-state index contributed by atoms with van der Waals surface area (Å²) >= 11 is 0. The highest BCUT2D eigenvalue weighted by Crippen LogP contribution is 2.33. The molecular weight excluding hydrogens is 528 g/mol. The van der Waals surface area contributed by atoms with Crippen LogP contribution in [0.15, 0.2) is 91.0 Å². The fourth-order valence-electron chi connectivity index (χ4n) is 4.60. The number of benzene rings is 4. The van der Waals surface area contributed by atoms with Crippen molar-refractivity contribution in [1.29, 1.82) is 5.41 Å². The molecule has 0 aliphatic carbocycles. The van der Waals surface area contributed by atoms with E-state index in [0.29, 0.717) is 34.5 Å². The van der Waals surface area contributed by atoms with E-state index in [1.165, 1.54) is 0 Å². The Kier molecular flexibility index (Phi) is 8.86. The first kappa shape index (κ1) is 29.7. The van der Waals surface area contributed by atoms with Crippen molar-refractivity contribution in [3.05, 3.63) is 124 Å². The number of carbonyl (C=O) groups excluding carboxylic acids is 2. The minimum Gasteiger partial charge on any atom is -0.478 e. The van der Waals surface area contributed by atoms with E-state index in [0.717, 1.165) is 5.56 Å². The molecule has 0 saturated heterocycles. The summed E-state index contributed by atoms with van der Waals surface area (Å²) in [4.78, 5) is 39.7. The number of carboxylic acids is 1. The molecule has 0 heterocycles. The van der Waals surface area contributed by atoms with Gasteiger partial charge in [-0.2, -0.15) is 0 Å². The third-order valence-corrected chi connectivity index (χ3v) is 6.69. The van der Waals surface area contributed by atoms with E-state index in [-0.39, 0.29) is 40.3 Å². The average Bonchev–Trinajstić information content (AvgIpc) is 2.96. The van der Waals surface area contributed by atoms with Crippen molar-refractivity contribution in [1.82, 2.24) is 5.32 Å². The number of nitrogens with one attached hydrogen (secondary N) is 3. The molecule has 0 aliphatic rings. The number of carboxylic acid groups (broad SMARTS) is 1. The Morgan fingerprint density at radius 1 is 0.786 bits per heavy atom. The minimum atomic E-state index is -1.20. The summed E-state index contributed by atoms with van der Waals surface area (Å²) in [7, 11) is 0. The van der Waals surface area contributed by atoms with Crippen LogP contribution in [0.4, 0.5) is 5.69 Å². The number of rotatable bonds is 9. The Labute approximate surface area is 245 Å². The highest BCUT2D eigenvalue weighted by Gasteiger charge is 2.26. The Balaban J connectivity index is 1.81. The Bertz CT molecular complexity index is 1640. The van der Waals surface area contributed by atoms with Crippen LogP contribution < -0.4 is 16.4 Å². The highest BCUT2D eigenvalue weighted by molar-refractivity contribution is 6.11. The van der Waals surface area contributed by atoms with Crippen LogP contribution in [-0.4, -0.2) is 35.3 Å². The molecule has 6 N–H and O–H groups in total. The standard InChI is InChI=1S/C34H34N4O4/c1-34(2,3)20-37-31(39)27-18-17-25(29(33(41)42)28(27)19-21-9-5-4-6-10-21)24-11-7-8-12-26(24)32(40)38-23-15-13-22(14-16-23)30(35)36/h4-18H,19-20H2,1-3H3,(H3,35,36)(H,37,39)(H,38,40)(H,41,42). The SMILES string of the molecule is CC(C)(C)CNC(=O)c1ccc(-c2ccccc2C(=O)Nc2ccc(C(=N)N)cc2)c(C(=O)O)c1Cc1ccccc1. The molecule has 4 aromatic carbocycles. The van der Waals surface area contributed by atoms with Gasteiger partial charge in [0.25, 0.3) is 11.8 Å². The van der Waals surface area contributed by atoms with Crippen molar-refractivity contribution >= 4 is 29.3 Å². The zero-order valence-corrected chi connectivity index (χ0v) is 23.8. The summed E-state index contributed by atoms with van der Waals surface area (Å²) in [5, 5.41) is 23.9.